The molecule has 0 aromatic rings. The minimum absolute atomic E-state index is 0.150. The topological polar surface area (TPSA) is 78.7 Å². The summed E-state index contributed by atoms with van der Waals surface area (Å²) in [5.74, 6) is 1.44. The third-order valence-corrected chi connectivity index (χ3v) is 5.74. The summed E-state index contributed by atoms with van der Waals surface area (Å²) >= 11 is 0. The summed E-state index contributed by atoms with van der Waals surface area (Å²) in [5, 5.41) is 0. The van der Waals surface area contributed by atoms with Crippen molar-refractivity contribution in [3.63, 3.8) is 0 Å². The zero-order valence-electron chi connectivity index (χ0n) is 16.4. The van der Waals surface area contributed by atoms with Crippen LogP contribution in [0.5, 0.6) is 0 Å². The quantitative estimate of drug-likeness (QED) is 0.540. The van der Waals surface area contributed by atoms with E-state index < -0.39 is 7.60 Å². The normalized spacial score (nSPS) is 21.1. The first-order chi connectivity index (χ1) is 11.9. The number of hydrogen-bond donors (Lipinski definition) is 0. The molecule has 0 radical (unpaired) electrons. The molecule has 146 valence electrons. The van der Waals surface area contributed by atoms with E-state index in [1.165, 1.54) is 0 Å². The molecule has 0 spiro atoms. The predicted octanol–water partition coefficient (Wildman–Crippen LogP) is 3.92. The van der Waals surface area contributed by atoms with Crippen LogP contribution >= 0.6 is 7.60 Å². The van der Waals surface area contributed by atoms with E-state index in [0.717, 1.165) is 0 Å². The Balaban J connectivity index is 2.96. The molecule has 1 heterocycles. The molecule has 0 unspecified atom stereocenters. The Kier molecular flexibility index (Phi) is 9.69. The minimum Gasteiger partial charge on any atom is -0.480 e. The standard InChI is InChI=1S/C17H33N2O5P/c1-7-21-16-14(11-12-25(20,23-9-3)24-10-4)18-17(22-8-2)15(19-16)13(5)6/h13-15H,7-12H2,1-6H3/t14-,15+/m0/s1. The highest BCUT2D eigenvalue weighted by molar-refractivity contribution is 7.53. The van der Waals surface area contributed by atoms with E-state index in [1.54, 1.807) is 13.8 Å². The van der Waals surface area contributed by atoms with Crippen molar-refractivity contribution in [3.8, 4) is 0 Å². The molecular formula is C17H33N2O5P. The molecule has 0 bridgehead atoms. The first-order valence-corrected chi connectivity index (χ1v) is 10.9. The number of hydrogen-bond acceptors (Lipinski definition) is 7. The number of aliphatic imine (C=N–C) groups is 2. The van der Waals surface area contributed by atoms with Gasteiger partial charge in [-0.25, -0.2) is 9.98 Å². The summed E-state index contributed by atoms with van der Waals surface area (Å²) < 4.78 is 34.8. The summed E-state index contributed by atoms with van der Waals surface area (Å²) in [5.41, 5.74) is 0. The van der Waals surface area contributed by atoms with E-state index in [1.807, 2.05) is 13.8 Å². The summed E-state index contributed by atoms with van der Waals surface area (Å²) in [6.07, 6.45) is 0.734. The fourth-order valence-electron chi connectivity index (χ4n) is 2.58. The lowest BCUT2D eigenvalue weighted by molar-refractivity contribution is 0.219. The molecule has 1 aliphatic rings. The van der Waals surface area contributed by atoms with E-state index in [-0.39, 0.29) is 24.2 Å². The minimum atomic E-state index is -3.12. The SMILES string of the molecule is CCOC1=N[C@H](C(C)C)C(OCC)=N[C@H]1CCP(=O)(OCC)OCC. The molecular weight excluding hydrogens is 343 g/mol. The largest absolute Gasteiger partial charge is 0.480 e. The van der Waals surface area contributed by atoms with Crippen LogP contribution in [0.2, 0.25) is 0 Å². The van der Waals surface area contributed by atoms with E-state index in [9.17, 15) is 4.57 Å². The molecule has 0 N–H and O–H groups in total. The lowest BCUT2D eigenvalue weighted by Gasteiger charge is -2.28. The monoisotopic (exact) mass is 376 g/mol. The molecule has 0 aromatic carbocycles. The van der Waals surface area contributed by atoms with Crippen molar-refractivity contribution in [2.24, 2.45) is 15.9 Å². The molecule has 7 nitrogen and oxygen atoms in total. The van der Waals surface area contributed by atoms with Gasteiger partial charge < -0.3 is 18.5 Å². The maximum atomic E-state index is 12.7. The molecule has 0 amide bonds. The Morgan fingerprint density at radius 1 is 0.920 bits per heavy atom. The average Bonchev–Trinajstić information content (AvgIpc) is 2.55. The lowest BCUT2D eigenvalue weighted by Crippen LogP contribution is -2.38. The number of nitrogens with zero attached hydrogens (tertiary/aromatic N) is 2. The van der Waals surface area contributed by atoms with Gasteiger partial charge in [0.05, 0.1) is 32.6 Å². The summed E-state index contributed by atoms with van der Waals surface area (Å²) in [6.45, 7) is 13.3. The van der Waals surface area contributed by atoms with Crippen LogP contribution in [0.1, 0.15) is 48.0 Å². The predicted molar refractivity (Wildman–Crippen MR) is 101 cm³/mol. The van der Waals surface area contributed by atoms with Crippen LogP contribution in [0.25, 0.3) is 0 Å². The average molecular weight is 376 g/mol. The Bertz CT molecular complexity index is 497. The zero-order chi connectivity index (χ0) is 18.9. The van der Waals surface area contributed by atoms with Crippen LogP contribution in [-0.4, -0.2) is 56.5 Å². The molecule has 8 heteroatoms. The molecule has 0 saturated heterocycles. The van der Waals surface area contributed by atoms with Crippen LogP contribution in [-0.2, 0) is 23.1 Å². The Morgan fingerprint density at radius 3 is 1.96 bits per heavy atom. The van der Waals surface area contributed by atoms with Gasteiger partial charge in [0.25, 0.3) is 0 Å². The molecule has 1 rings (SSSR count). The highest BCUT2D eigenvalue weighted by Gasteiger charge is 2.33. The third kappa shape index (κ3) is 6.72. The van der Waals surface area contributed by atoms with Gasteiger partial charge in [0.2, 0.25) is 11.8 Å². The summed E-state index contributed by atoms with van der Waals surface area (Å²) in [7, 11) is -3.12. The second-order valence-corrected chi connectivity index (χ2v) is 8.15. The first kappa shape index (κ1) is 22.1. The zero-order valence-corrected chi connectivity index (χ0v) is 17.3. The highest BCUT2D eigenvalue weighted by atomic mass is 31.2. The van der Waals surface area contributed by atoms with Gasteiger partial charge in [-0.3, -0.25) is 4.57 Å². The molecule has 2 atom stereocenters. The van der Waals surface area contributed by atoms with E-state index in [4.69, 9.17) is 28.5 Å². The van der Waals surface area contributed by atoms with Crippen molar-refractivity contribution < 1.29 is 23.1 Å². The third-order valence-electron chi connectivity index (χ3n) is 3.63. The second-order valence-electron chi connectivity index (χ2n) is 5.96. The molecule has 1 aliphatic heterocycles. The second kappa shape index (κ2) is 10.9. The smallest absolute Gasteiger partial charge is 0.330 e. The van der Waals surface area contributed by atoms with Crippen LogP contribution < -0.4 is 0 Å². The molecule has 0 aromatic heterocycles. The molecule has 0 saturated carbocycles. The molecule has 0 fully saturated rings. The maximum absolute atomic E-state index is 12.7. The molecule has 25 heavy (non-hydrogen) atoms. The maximum Gasteiger partial charge on any atom is 0.330 e. The first-order valence-electron chi connectivity index (χ1n) is 9.19. The number of rotatable bonds is 10. The Labute approximate surface area is 151 Å². The van der Waals surface area contributed by atoms with Gasteiger partial charge in [-0.15, -0.1) is 0 Å². The van der Waals surface area contributed by atoms with Gasteiger partial charge in [0, 0.05) is 0 Å². The number of ether oxygens (including phenoxy) is 2. The van der Waals surface area contributed by atoms with E-state index in [2.05, 4.69) is 13.8 Å². The highest BCUT2D eigenvalue weighted by Crippen LogP contribution is 2.49. The van der Waals surface area contributed by atoms with Gasteiger partial charge in [-0.2, -0.15) is 0 Å². The van der Waals surface area contributed by atoms with Gasteiger partial charge in [-0.1, -0.05) is 13.8 Å². The fraction of sp³-hybridized carbons (Fsp3) is 0.882. The lowest BCUT2D eigenvalue weighted by atomic mass is 10.0. The summed E-state index contributed by atoms with van der Waals surface area (Å²) in [6, 6.07) is -0.478. The summed E-state index contributed by atoms with van der Waals surface area (Å²) in [4.78, 5) is 9.42. The van der Waals surface area contributed by atoms with Gasteiger partial charge in [0.1, 0.15) is 12.1 Å². The Hall–Kier alpha value is -0.910. The fourth-order valence-corrected chi connectivity index (χ4v) is 4.26. The van der Waals surface area contributed by atoms with Crippen LogP contribution in [0, 0.1) is 5.92 Å². The Morgan fingerprint density at radius 2 is 1.48 bits per heavy atom. The van der Waals surface area contributed by atoms with E-state index in [0.29, 0.717) is 44.6 Å². The van der Waals surface area contributed by atoms with Crippen molar-refractivity contribution in [2.75, 3.05) is 32.6 Å². The van der Waals surface area contributed by atoms with Crippen molar-refractivity contribution >= 4 is 19.4 Å². The van der Waals surface area contributed by atoms with Crippen LogP contribution in [0.15, 0.2) is 9.98 Å². The van der Waals surface area contributed by atoms with Crippen LogP contribution in [0.4, 0.5) is 0 Å². The van der Waals surface area contributed by atoms with Gasteiger partial charge >= 0.3 is 7.60 Å². The van der Waals surface area contributed by atoms with Gasteiger partial charge in [0.15, 0.2) is 0 Å². The van der Waals surface area contributed by atoms with Crippen molar-refractivity contribution in [1.82, 2.24) is 0 Å². The van der Waals surface area contributed by atoms with E-state index >= 15 is 0 Å². The molecule has 0 aliphatic carbocycles. The van der Waals surface area contributed by atoms with Crippen LogP contribution in [0.3, 0.4) is 0 Å². The van der Waals surface area contributed by atoms with Gasteiger partial charge in [-0.05, 0) is 40.0 Å². The van der Waals surface area contributed by atoms with Crippen molar-refractivity contribution in [2.45, 2.75) is 60.0 Å². The van der Waals surface area contributed by atoms with Crippen molar-refractivity contribution in [3.05, 3.63) is 0 Å². The van der Waals surface area contributed by atoms with Crippen molar-refractivity contribution in [1.29, 1.82) is 0 Å².